The monoisotopic (exact) mass is 1080 g/mol. The first kappa shape index (κ1) is 54.4. The molecule has 0 saturated carbocycles. The van der Waals surface area contributed by atoms with Gasteiger partial charge in [-0.1, -0.05) is 319 Å². The maximum atomic E-state index is 2.47. The van der Waals surface area contributed by atoms with Crippen LogP contribution in [0, 0.1) is 0 Å². The number of fused-ring (bicyclic) bond motifs is 6. The summed E-state index contributed by atoms with van der Waals surface area (Å²) in [6.07, 6.45) is 15.5. The van der Waals surface area contributed by atoms with Crippen molar-refractivity contribution in [3.63, 3.8) is 0 Å². The zero-order valence-corrected chi connectivity index (χ0v) is 48.7. The Hall–Kier alpha value is -6.44. The molecule has 12 rings (SSSR count). The van der Waals surface area contributed by atoms with E-state index in [1.807, 2.05) is 0 Å². The molecular weight excluding hydrogens is 1010 g/mol. The van der Waals surface area contributed by atoms with E-state index in [2.05, 4.69) is 245 Å². The predicted octanol–water partition coefficient (Wildman–Crippen LogP) is 22.2. The molecule has 0 aromatic heterocycles. The van der Waals surface area contributed by atoms with Crippen LogP contribution in [0.4, 0.5) is 0 Å². The van der Waals surface area contributed by atoms with Gasteiger partial charge in [0, 0.05) is 9.52 Å². The van der Waals surface area contributed by atoms with Crippen molar-refractivity contribution in [2.24, 2.45) is 0 Å². The van der Waals surface area contributed by atoms with Gasteiger partial charge >= 0.3 is 26.2 Å². The van der Waals surface area contributed by atoms with Crippen LogP contribution in [0.1, 0.15) is 89.2 Å². The average Bonchev–Trinajstić information content (AvgIpc) is 4.11. The topological polar surface area (TPSA) is 0 Å². The van der Waals surface area contributed by atoms with Gasteiger partial charge in [0.05, 0.1) is 0 Å². The first-order valence-corrected chi connectivity index (χ1v) is 30.0. The molecule has 12 aromatic rings. The Bertz CT molecular complexity index is 3320. The summed E-state index contributed by atoms with van der Waals surface area (Å²) in [5.41, 5.74) is 13.6. The number of hydrogen-bond donors (Lipinski definition) is 0. The van der Waals surface area contributed by atoms with E-state index < -0.39 is 0 Å². The molecule has 0 aliphatic rings. The van der Waals surface area contributed by atoms with Crippen LogP contribution in [0.5, 0.6) is 0 Å². The Labute approximate surface area is 474 Å². The minimum absolute atomic E-state index is 0. The number of rotatable bonds is 16. The van der Waals surface area contributed by atoms with Gasteiger partial charge in [-0.3, -0.25) is 0 Å². The second-order valence-electron chi connectivity index (χ2n) is 20.6. The van der Waals surface area contributed by atoms with Crippen molar-refractivity contribution in [1.82, 2.24) is 0 Å². The first-order chi connectivity index (χ1) is 37.1. The van der Waals surface area contributed by atoms with Crippen LogP contribution in [0.25, 0.3) is 109 Å². The maximum absolute atomic E-state index is 2.47. The summed E-state index contributed by atoms with van der Waals surface area (Å²) in [7, 11) is 1.08. The maximum Gasteiger partial charge on any atom is 2.00 e. The molecule has 0 spiro atoms. The van der Waals surface area contributed by atoms with Crippen LogP contribution in [0.15, 0.2) is 218 Å². The third-order valence-electron chi connectivity index (χ3n) is 15.4. The van der Waals surface area contributed by atoms with E-state index >= 15 is 0 Å². The molecule has 76 heavy (non-hydrogen) atoms. The molecule has 2 heteroatoms. The number of aryl methyl sites for hydroxylation is 2. The second-order valence-corrected chi connectivity index (χ2v) is 21.6. The van der Waals surface area contributed by atoms with Crippen molar-refractivity contribution in [2.75, 3.05) is 0 Å². The molecule has 0 unspecified atom stereocenters. The summed E-state index contributed by atoms with van der Waals surface area (Å²) in [4.78, 5) is 0. The fourth-order valence-corrected chi connectivity index (χ4v) is 11.7. The Kier molecular flexibility index (Phi) is 19.0. The van der Waals surface area contributed by atoms with Crippen LogP contribution in [-0.4, -0.2) is 9.52 Å². The predicted molar refractivity (Wildman–Crippen MR) is 333 cm³/mol. The molecule has 0 heterocycles. The fourth-order valence-electron chi connectivity index (χ4n) is 11.7. The molecule has 0 amide bonds. The summed E-state index contributed by atoms with van der Waals surface area (Å²) in [5.74, 6) is 0. The summed E-state index contributed by atoms with van der Waals surface area (Å²) in [6.45, 7) is 8.88. The molecular formula is C74H72SiZr. The number of benzene rings is 10. The Morgan fingerprint density at radius 3 is 0.882 bits per heavy atom. The molecule has 376 valence electrons. The largest absolute Gasteiger partial charge is 2.00 e. The van der Waals surface area contributed by atoms with Crippen LogP contribution in [-0.2, 0) is 39.0 Å². The van der Waals surface area contributed by atoms with Crippen molar-refractivity contribution in [1.29, 1.82) is 0 Å². The smallest absolute Gasteiger partial charge is 0.164 e. The Morgan fingerprint density at radius 1 is 0.289 bits per heavy atom. The van der Waals surface area contributed by atoms with Crippen LogP contribution >= 0.6 is 0 Å². The van der Waals surface area contributed by atoms with Crippen molar-refractivity contribution in [3.8, 4) is 44.5 Å². The van der Waals surface area contributed by atoms with Gasteiger partial charge in [-0.2, -0.15) is 12.1 Å². The number of hydrogen-bond acceptors (Lipinski definition) is 0. The molecule has 0 atom stereocenters. The summed E-state index contributed by atoms with van der Waals surface area (Å²) >= 11 is 0. The van der Waals surface area contributed by atoms with E-state index in [1.165, 1.54) is 184 Å². The van der Waals surface area contributed by atoms with Gasteiger partial charge in [0.25, 0.3) is 0 Å². The van der Waals surface area contributed by atoms with E-state index in [1.54, 1.807) is 0 Å². The zero-order valence-electron chi connectivity index (χ0n) is 45.3. The summed E-state index contributed by atoms with van der Waals surface area (Å²) < 4.78 is 0. The quantitative estimate of drug-likeness (QED) is 0.0514. The van der Waals surface area contributed by atoms with Gasteiger partial charge in [0.2, 0.25) is 0 Å². The average molecular weight is 1080 g/mol. The molecule has 0 aliphatic carbocycles. The zero-order chi connectivity index (χ0) is 51.3. The van der Waals surface area contributed by atoms with Gasteiger partial charge in [-0.15, -0.1) is 44.8 Å². The van der Waals surface area contributed by atoms with Crippen molar-refractivity contribution in [2.45, 2.75) is 104 Å². The summed E-state index contributed by atoms with van der Waals surface area (Å²) in [5, 5.41) is 16.0. The van der Waals surface area contributed by atoms with Crippen molar-refractivity contribution < 1.29 is 26.2 Å². The normalized spacial score (nSPS) is 11.2. The minimum atomic E-state index is 0. The van der Waals surface area contributed by atoms with Gasteiger partial charge in [0.1, 0.15) is 0 Å². The number of unbranched alkanes of at least 4 members (excludes halogenated alkanes) is 8. The molecule has 0 N–H and O–H groups in total. The third-order valence-corrected chi connectivity index (χ3v) is 15.4. The minimum Gasteiger partial charge on any atom is -0.164 e. The third kappa shape index (κ3) is 12.1. The Morgan fingerprint density at radius 2 is 0.553 bits per heavy atom. The first-order valence-electron chi connectivity index (χ1n) is 28.0. The van der Waals surface area contributed by atoms with Crippen molar-refractivity contribution in [3.05, 3.63) is 230 Å². The van der Waals surface area contributed by atoms with Crippen molar-refractivity contribution >= 4 is 74.2 Å². The van der Waals surface area contributed by atoms with Gasteiger partial charge < -0.3 is 0 Å². The molecule has 0 aliphatic heterocycles. The van der Waals surface area contributed by atoms with E-state index in [0.29, 0.717) is 0 Å². The molecule has 0 fully saturated rings. The van der Waals surface area contributed by atoms with E-state index in [-0.39, 0.29) is 26.2 Å². The van der Waals surface area contributed by atoms with E-state index in [0.717, 1.165) is 22.4 Å². The van der Waals surface area contributed by atoms with Gasteiger partial charge in [-0.25, -0.2) is 0 Å². The Balaban J connectivity index is 0.000000175. The molecule has 0 bridgehead atoms. The van der Waals surface area contributed by atoms with E-state index in [9.17, 15) is 0 Å². The van der Waals surface area contributed by atoms with Crippen LogP contribution in [0.3, 0.4) is 0 Å². The second kappa shape index (κ2) is 26.6. The van der Waals surface area contributed by atoms with Gasteiger partial charge in [0.15, 0.2) is 0 Å². The van der Waals surface area contributed by atoms with Gasteiger partial charge in [-0.05, 0) is 67.1 Å². The molecule has 12 aromatic carbocycles. The molecule has 2 radical (unpaired) electrons. The van der Waals surface area contributed by atoms with E-state index in [4.69, 9.17) is 0 Å². The SMILES string of the molecule is CCCCCCCc1cc2c(-c3cccc4ccccc34)ccc(-c3cccc4ccccc34)c2[cH-]1.CCCCCCCc1cc2c(-c3cccc4ccccc34)ccc(-c3cccc4ccccc34)c2[cH-]1.C[Si]C.[Zr+2]. The van der Waals surface area contributed by atoms with Crippen LogP contribution in [0.2, 0.25) is 13.1 Å². The summed E-state index contributed by atoms with van der Waals surface area (Å²) in [6, 6.07) is 81.1. The molecule has 0 saturated heterocycles. The molecule has 0 nitrogen and oxygen atoms in total. The standard InChI is InChI=1S/2C36H33.C2H6Si.Zr/c2*1-2-3-4-5-6-13-26-24-35-33(31-20-11-16-27-14-7-9-18-29(27)31)22-23-34(36(35)25-26)32-21-12-17-28-15-8-10-19-30(28)32;1-3-2;/h2*7-12,14-25H,2-6,13H2,1H3;1-2H3;/q2*-1;;+2. The van der Waals surface area contributed by atoms with Crippen LogP contribution < -0.4 is 0 Å². The fraction of sp³-hybridized carbons (Fsp3) is 0.216.